The second-order valence-electron chi connectivity index (χ2n) is 6.37. The molecule has 180 valence electrons. The van der Waals surface area contributed by atoms with E-state index < -0.39 is 54.6 Å². The summed E-state index contributed by atoms with van der Waals surface area (Å²) in [6, 6.07) is 1.66. The molecule has 0 radical (unpaired) electrons. The first-order chi connectivity index (χ1) is 14.7. The number of fused-ring (bicyclic) bond motifs is 1. The maximum Gasteiger partial charge on any atom is 0.490 e. The third-order valence-electron chi connectivity index (χ3n) is 4.16. The fourth-order valence-corrected chi connectivity index (χ4v) is 5.92. The zero-order chi connectivity index (χ0) is 23.9. The van der Waals surface area contributed by atoms with Crippen LogP contribution in [0.25, 0.3) is 11.2 Å². The van der Waals surface area contributed by atoms with E-state index in [-0.39, 0.29) is 0 Å². The number of hydrogen-bond acceptors (Lipinski definition) is 12. The first kappa shape index (κ1) is 25.3. The number of aliphatic hydroxyl groups excluding tert-OH is 2. The van der Waals surface area contributed by atoms with Gasteiger partial charge in [0.05, 0.1) is 18.6 Å². The lowest BCUT2D eigenvalue weighted by atomic mass is 10.1. The van der Waals surface area contributed by atoms with E-state index in [0.29, 0.717) is 16.9 Å². The number of phosphoric acid groups is 3. The molecule has 32 heavy (non-hydrogen) atoms. The number of nitrogens with one attached hydrogen (secondary N) is 1. The number of rotatable bonds is 9. The lowest BCUT2D eigenvalue weighted by Gasteiger charge is -2.19. The predicted octanol–water partition coefficient (Wildman–Crippen LogP) is -0.565. The van der Waals surface area contributed by atoms with Gasteiger partial charge in [0.2, 0.25) is 0 Å². The van der Waals surface area contributed by atoms with Gasteiger partial charge in [-0.1, -0.05) is 0 Å². The molecule has 6 atom stereocenters. The van der Waals surface area contributed by atoms with Crippen molar-refractivity contribution in [3.05, 3.63) is 18.6 Å². The van der Waals surface area contributed by atoms with Crippen LogP contribution in [0, 0.1) is 0 Å². The summed E-state index contributed by atoms with van der Waals surface area (Å²) in [4.78, 5) is 44.0. The molecule has 1 fully saturated rings. The Kier molecular flexibility index (Phi) is 7.25. The van der Waals surface area contributed by atoms with E-state index in [4.69, 9.17) is 19.4 Å². The Labute approximate surface area is 179 Å². The van der Waals surface area contributed by atoms with Crippen LogP contribution in [0.5, 0.6) is 0 Å². The largest absolute Gasteiger partial charge is 0.490 e. The summed E-state index contributed by atoms with van der Waals surface area (Å²) >= 11 is 0. The molecule has 0 saturated carbocycles. The van der Waals surface area contributed by atoms with Crippen LogP contribution in [0.15, 0.2) is 18.6 Å². The van der Waals surface area contributed by atoms with E-state index in [1.165, 1.54) is 17.1 Å². The molecular formula is C12H19N4O13P3. The highest BCUT2D eigenvalue weighted by molar-refractivity contribution is 7.66. The van der Waals surface area contributed by atoms with Crippen LogP contribution in [-0.4, -0.2) is 76.3 Å². The molecule has 1 saturated heterocycles. The van der Waals surface area contributed by atoms with E-state index in [2.05, 4.69) is 28.4 Å². The van der Waals surface area contributed by atoms with Crippen LogP contribution in [0.4, 0.5) is 5.69 Å². The molecule has 7 N–H and O–H groups in total. The van der Waals surface area contributed by atoms with Crippen molar-refractivity contribution >= 4 is 40.3 Å². The molecule has 0 aliphatic carbocycles. The highest BCUT2D eigenvalue weighted by atomic mass is 31.3. The van der Waals surface area contributed by atoms with Crippen LogP contribution < -0.4 is 5.32 Å². The highest BCUT2D eigenvalue weighted by Crippen LogP contribution is 2.66. The molecule has 0 amide bonds. The first-order valence-corrected chi connectivity index (χ1v) is 13.0. The van der Waals surface area contributed by atoms with Crippen LogP contribution in [0.1, 0.15) is 6.23 Å². The molecule has 6 unspecified atom stereocenters. The molecular weight excluding hydrogens is 501 g/mol. The van der Waals surface area contributed by atoms with E-state index in [1.807, 2.05) is 0 Å². The number of ether oxygens (including phenoxy) is 1. The van der Waals surface area contributed by atoms with Crippen molar-refractivity contribution in [1.29, 1.82) is 0 Å². The van der Waals surface area contributed by atoms with Gasteiger partial charge < -0.3 is 39.8 Å². The van der Waals surface area contributed by atoms with Gasteiger partial charge in [-0.05, 0) is 6.07 Å². The van der Waals surface area contributed by atoms with Crippen molar-refractivity contribution in [2.75, 3.05) is 19.0 Å². The van der Waals surface area contributed by atoms with Crippen molar-refractivity contribution in [3.63, 3.8) is 0 Å². The molecule has 2 aromatic heterocycles. The van der Waals surface area contributed by atoms with Crippen molar-refractivity contribution in [2.45, 2.75) is 24.5 Å². The van der Waals surface area contributed by atoms with Crippen LogP contribution in [0.3, 0.4) is 0 Å². The van der Waals surface area contributed by atoms with Gasteiger partial charge in [-0.25, -0.2) is 23.7 Å². The summed E-state index contributed by atoms with van der Waals surface area (Å²) in [6.45, 7) is -0.930. The van der Waals surface area contributed by atoms with Crippen molar-refractivity contribution in [3.8, 4) is 0 Å². The normalized spacial score (nSPS) is 27.8. The van der Waals surface area contributed by atoms with Gasteiger partial charge >= 0.3 is 23.5 Å². The smallest absolute Gasteiger partial charge is 0.387 e. The Morgan fingerprint density at radius 2 is 1.78 bits per heavy atom. The molecule has 1 aliphatic heterocycles. The number of pyridine rings is 1. The number of anilines is 1. The van der Waals surface area contributed by atoms with Crippen molar-refractivity contribution < 1.29 is 61.4 Å². The maximum atomic E-state index is 11.8. The second-order valence-corrected chi connectivity index (χ2v) is 10.8. The number of nitrogens with zero attached hydrogens (tertiary/aromatic N) is 3. The summed E-state index contributed by atoms with van der Waals surface area (Å²) in [7, 11) is -15.0. The van der Waals surface area contributed by atoms with Gasteiger partial charge in [-0.3, -0.25) is 9.09 Å². The number of hydrogen-bond donors (Lipinski definition) is 7. The van der Waals surface area contributed by atoms with E-state index in [9.17, 15) is 28.8 Å². The average molecular weight is 520 g/mol. The van der Waals surface area contributed by atoms with Crippen LogP contribution >= 0.6 is 23.5 Å². The van der Waals surface area contributed by atoms with E-state index >= 15 is 0 Å². The van der Waals surface area contributed by atoms with Crippen LogP contribution in [-0.2, 0) is 31.6 Å². The molecule has 0 bridgehead atoms. The van der Waals surface area contributed by atoms with Gasteiger partial charge in [-0.2, -0.15) is 8.62 Å². The quantitative estimate of drug-likeness (QED) is 0.204. The minimum Gasteiger partial charge on any atom is -0.387 e. The molecule has 3 heterocycles. The van der Waals surface area contributed by atoms with Gasteiger partial charge in [0.1, 0.15) is 23.8 Å². The lowest BCUT2D eigenvalue weighted by molar-refractivity contribution is -0.0503. The van der Waals surface area contributed by atoms with Crippen LogP contribution in [0.2, 0.25) is 0 Å². The number of aromatic nitrogens is 3. The average Bonchev–Trinajstić information content (AvgIpc) is 3.19. The Bertz CT molecular complexity index is 1120. The Hall–Kier alpha value is -1.29. The van der Waals surface area contributed by atoms with Gasteiger partial charge in [0.25, 0.3) is 0 Å². The molecule has 2 aromatic rings. The third-order valence-corrected chi connectivity index (χ3v) is 7.96. The van der Waals surface area contributed by atoms with E-state index in [0.717, 1.165) is 0 Å². The fourth-order valence-electron chi connectivity index (χ4n) is 2.89. The lowest BCUT2D eigenvalue weighted by Crippen LogP contribution is -2.33. The SMILES string of the molecule is CNc1ccnc2c1ncn2C1OC(COP(=O)(O)OP(=O)(O)OP(=O)(O)O)C(O)C1O. The summed E-state index contributed by atoms with van der Waals surface area (Å²) < 4.78 is 52.2. The second kappa shape index (κ2) is 9.16. The highest BCUT2D eigenvalue weighted by Gasteiger charge is 2.46. The number of aliphatic hydroxyl groups is 2. The van der Waals surface area contributed by atoms with Crippen molar-refractivity contribution in [2.24, 2.45) is 0 Å². The van der Waals surface area contributed by atoms with Gasteiger partial charge in [0, 0.05) is 13.2 Å². The number of imidazole rings is 1. The maximum absolute atomic E-state index is 11.8. The Balaban J connectivity index is 1.70. The minimum absolute atomic E-state index is 0.293. The molecule has 3 rings (SSSR count). The fraction of sp³-hybridized carbons (Fsp3) is 0.500. The third kappa shape index (κ3) is 5.79. The molecule has 0 spiro atoms. The summed E-state index contributed by atoms with van der Waals surface area (Å²) in [6.07, 6.45) is -3.09. The predicted molar refractivity (Wildman–Crippen MR) is 103 cm³/mol. The summed E-state index contributed by atoms with van der Waals surface area (Å²) in [5.41, 5.74) is 1.37. The van der Waals surface area contributed by atoms with Crippen molar-refractivity contribution in [1.82, 2.24) is 14.5 Å². The molecule has 20 heteroatoms. The minimum atomic E-state index is -5.69. The van der Waals surface area contributed by atoms with E-state index in [1.54, 1.807) is 13.1 Å². The summed E-state index contributed by atoms with van der Waals surface area (Å²) in [5.74, 6) is 0. The van der Waals surface area contributed by atoms with Gasteiger partial charge in [-0.15, -0.1) is 0 Å². The topological polar surface area (TPSA) is 252 Å². The Morgan fingerprint density at radius 1 is 1.09 bits per heavy atom. The standard InChI is InChI=1S/C12H19N4O13P3/c1-13-6-2-3-14-11-8(6)15-5-16(11)12-10(18)9(17)7(27-12)4-26-31(22,23)29-32(24,25)28-30(19,20)21/h2-3,5,7,9-10,12,17-18H,4H2,1H3,(H,13,14)(H,22,23)(H,24,25)(H2,19,20,21). The first-order valence-electron chi connectivity index (χ1n) is 8.52. The molecule has 17 nitrogen and oxygen atoms in total. The zero-order valence-corrected chi connectivity index (χ0v) is 18.7. The molecule has 0 aromatic carbocycles. The summed E-state index contributed by atoms with van der Waals surface area (Å²) in [5, 5.41) is 23.5. The zero-order valence-electron chi connectivity index (χ0n) is 16.0. The Morgan fingerprint density at radius 3 is 2.41 bits per heavy atom. The van der Waals surface area contributed by atoms with Gasteiger partial charge in [0.15, 0.2) is 11.9 Å². The molecule has 1 aliphatic rings. The monoisotopic (exact) mass is 520 g/mol. The number of phosphoric ester groups is 1.